The van der Waals surface area contributed by atoms with Crippen molar-refractivity contribution in [1.29, 1.82) is 0 Å². The fourth-order valence-electron chi connectivity index (χ4n) is 1.52. The van der Waals surface area contributed by atoms with Crippen molar-refractivity contribution in [2.24, 2.45) is 28.6 Å². The summed E-state index contributed by atoms with van der Waals surface area (Å²) in [6, 6.07) is 0. The van der Waals surface area contributed by atoms with Crippen LogP contribution in [0.2, 0.25) is 0 Å². The SMILES string of the molecule is CC(C)COCCNC(=O)C(C(N)=NO)C(C)C. The highest BCUT2D eigenvalue weighted by molar-refractivity contribution is 6.02. The van der Waals surface area contributed by atoms with Gasteiger partial charge in [-0.25, -0.2) is 0 Å². The van der Waals surface area contributed by atoms with Crippen molar-refractivity contribution in [2.45, 2.75) is 27.7 Å². The number of nitrogens with zero attached hydrogens (tertiary/aromatic N) is 1. The van der Waals surface area contributed by atoms with Crippen LogP contribution in [0.3, 0.4) is 0 Å². The molecule has 0 saturated carbocycles. The van der Waals surface area contributed by atoms with Crippen molar-refractivity contribution in [3.63, 3.8) is 0 Å². The van der Waals surface area contributed by atoms with E-state index in [2.05, 4.69) is 24.3 Å². The monoisotopic (exact) mass is 259 g/mol. The average molecular weight is 259 g/mol. The number of amides is 1. The molecule has 0 spiro atoms. The van der Waals surface area contributed by atoms with Crippen LogP contribution in [0.15, 0.2) is 5.16 Å². The van der Waals surface area contributed by atoms with E-state index in [0.717, 1.165) is 0 Å². The molecule has 0 rings (SSSR count). The molecule has 0 aromatic carbocycles. The Hall–Kier alpha value is -1.30. The van der Waals surface area contributed by atoms with Crippen LogP contribution >= 0.6 is 0 Å². The zero-order valence-corrected chi connectivity index (χ0v) is 11.6. The molecule has 6 nitrogen and oxygen atoms in total. The van der Waals surface area contributed by atoms with Crippen LogP contribution in [0, 0.1) is 17.8 Å². The van der Waals surface area contributed by atoms with Crippen LogP contribution in [0.5, 0.6) is 0 Å². The fourth-order valence-corrected chi connectivity index (χ4v) is 1.52. The minimum absolute atomic E-state index is 0.0301. The molecular formula is C12H25N3O3. The Morgan fingerprint density at radius 3 is 2.44 bits per heavy atom. The highest BCUT2D eigenvalue weighted by Gasteiger charge is 2.26. The number of oxime groups is 1. The molecule has 0 aromatic heterocycles. The van der Waals surface area contributed by atoms with E-state index >= 15 is 0 Å². The minimum atomic E-state index is -0.611. The van der Waals surface area contributed by atoms with Gasteiger partial charge in [-0.05, 0) is 11.8 Å². The Kier molecular flexibility index (Phi) is 8.11. The van der Waals surface area contributed by atoms with Gasteiger partial charge in [0.2, 0.25) is 5.91 Å². The van der Waals surface area contributed by atoms with E-state index in [-0.39, 0.29) is 17.7 Å². The molecule has 1 atom stereocenters. The maximum absolute atomic E-state index is 11.8. The summed E-state index contributed by atoms with van der Waals surface area (Å²) in [7, 11) is 0. The van der Waals surface area contributed by atoms with E-state index in [1.165, 1.54) is 0 Å². The molecule has 106 valence electrons. The molecule has 18 heavy (non-hydrogen) atoms. The van der Waals surface area contributed by atoms with Gasteiger partial charge in [-0.15, -0.1) is 0 Å². The summed E-state index contributed by atoms with van der Waals surface area (Å²) in [6.45, 7) is 9.37. The fraction of sp³-hybridized carbons (Fsp3) is 0.833. The molecular weight excluding hydrogens is 234 g/mol. The molecule has 0 radical (unpaired) electrons. The third kappa shape index (κ3) is 6.44. The maximum Gasteiger partial charge on any atom is 0.231 e. The summed E-state index contributed by atoms with van der Waals surface area (Å²) in [5.41, 5.74) is 5.50. The van der Waals surface area contributed by atoms with Crippen molar-refractivity contribution in [3.8, 4) is 0 Å². The first-order chi connectivity index (χ1) is 8.40. The third-order valence-corrected chi connectivity index (χ3v) is 2.38. The Morgan fingerprint density at radius 2 is 2.00 bits per heavy atom. The van der Waals surface area contributed by atoms with Crippen molar-refractivity contribution in [2.75, 3.05) is 19.8 Å². The van der Waals surface area contributed by atoms with E-state index in [1.807, 2.05) is 13.8 Å². The zero-order chi connectivity index (χ0) is 14.1. The minimum Gasteiger partial charge on any atom is -0.409 e. The summed E-state index contributed by atoms with van der Waals surface area (Å²) in [5.74, 6) is -0.474. The lowest BCUT2D eigenvalue weighted by Crippen LogP contribution is -2.42. The molecule has 0 heterocycles. The summed E-state index contributed by atoms with van der Waals surface area (Å²) in [6.07, 6.45) is 0. The highest BCUT2D eigenvalue weighted by atomic mass is 16.5. The first-order valence-corrected chi connectivity index (χ1v) is 6.23. The molecule has 0 aromatic rings. The van der Waals surface area contributed by atoms with Gasteiger partial charge >= 0.3 is 0 Å². The topological polar surface area (TPSA) is 96.9 Å². The molecule has 4 N–H and O–H groups in total. The second kappa shape index (κ2) is 8.74. The second-order valence-electron chi connectivity index (χ2n) is 5.01. The number of carbonyl (C=O) groups is 1. The van der Waals surface area contributed by atoms with Crippen LogP contribution in [0.4, 0.5) is 0 Å². The van der Waals surface area contributed by atoms with Gasteiger partial charge in [0.05, 0.1) is 6.61 Å². The number of amidine groups is 1. The van der Waals surface area contributed by atoms with Gasteiger partial charge in [0, 0.05) is 13.2 Å². The summed E-state index contributed by atoms with van der Waals surface area (Å²) in [5, 5.41) is 14.3. The number of nitrogens with one attached hydrogen (secondary N) is 1. The van der Waals surface area contributed by atoms with Gasteiger partial charge in [-0.3, -0.25) is 4.79 Å². The van der Waals surface area contributed by atoms with Crippen LogP contribution in [-0.4, -0.2) is 36.7 Å². The highest BCUT2D eigenvalue weighted by Crippen LogP contribution is 2.10. The predicted octanol–water partition coefficient (Wildman–Crippen LogP) is 0.794. The molecule has 0 aliphatic heterocycles. The lowest BCUT2D eigenvalue weighted by molar-refractivity contribution is -0.124. The van der Waals surface area contributed by atoms with Gasteiger partial charge in [0.1, 0.15) is 5.92 Å². The number of nitrogens with two attached hydrogens (primary N) is 1. The Morgan fingerprint density at radius 1 is 1.39 bits per heavy atom. The number of carbonyl (C=O) groups excluding carboxylic acids is 1. The second-order valence-corrected chi connectivity index (χ2v) is 5.01. The van der Waals surface area contributed by atoms with Gasteiger partial charge in [-0.1, -0.05) is 32.9 Å². The summed E-state index contributed by atoms with van der Waals surface area (Å²) >= 11 is 0. The smallest absolute Gasteiger partial charge is 0.231 e. The number of hydrogen-bond donors (Lipinski definition) is 3. The summed E-state index contributed by atoms with van der Waals surface area (Å²) < 4.78 is 5.35. The molecule has 1 amide bonds. The molecule has 0 bridgehead atoms. The van der Waals surface area contributed by atoms with Gasteiger partial charge < -0.3 is 21.0 Å². The lowest BCUT2D eigenvalue weighted by atomic mass is 9.94. The van der Waals surface area contributed by atoms with Crippen LogP contribution in [0.1, 0.15) is 27.7 Å². The Bertz CT molecular complexity index is 278. The molecule has 0 aliphatic carbocycles. The average Bonchev–Trinajstić information content (AvgIpc) is 2.27. The van der Waals surface area contributed by atoms with Gasteiger partial charge in [0.15, 0.2) is 5.84 Å². The molecule has 1 unspecified atom stereocenters. The number of ether oxygens (including phenoxy) is 1. The molecule has 0 saturated heterocycles. The van der Waals surface area contributed by atoms with Gasteiger partial charge in [0.25, 0.3) is 0 Å². The standard InChI is InChI=1S/C12H25N3O3/c1-8(2)7-18-6-5-14-12(16)10(9(3)4)11(13)15-17/h8-10,17H,5-7H2,1-4H3,(H2,13,15)(H,14,16). The van der Waals surface area contributed by atoms with Crippen LogP contribution in [-0.2, 0) is 9.53 Å². The van der Waals surface area contributed by atoms with Gasteiger partial charge in [-0.2, -0.15) is 0 Å². The quantitative estimate of drug-likeness (QED) is 0.197. The molecule has 6 heteroatoms. The van der Waals surface area contributed by atoms with E-state index in [0.29, 0.717) is 25.7 Å². The van der Waals surface area contributed by atoms with E-state index in [4.69, 9.17) is 15.7 Å². The molecule has 0 fully saturated rings. The number of rotatable bonds is 8. The third-order valence-electron chi connectivity index (χ3n) is 2.38. The van der Waals surface area contributed by atoms with Crippen molar-refractivity contribution < 1.29 is 14.7 Å². The lowest BCUT2D eigenvalue weighted by Gasteiger charge is -2.18. The molecule has 0 aliphatic rings. The normalized spacial score (nSPS) is 14.0. The van der Waals surface area contributed by atoms with E-state index < -0.39 is 5.92 Å². The van der Waals surface area contributed by atoms with Crippen LogP contribution in [0.25, 0.3) is 0 Å². The maximum atomic E-state index is 11.8. The van der Waals surface area contributed by atoms with Crippen molar-refractivity contribution in [3.05, 3.63) is 0 Å². The Balaban J connectivity index is 4.05. The Labute approximate surface area is 109 Å². The van der Waals surface area contributed by atoms with Crippen molar-refractivity contribution in [1.82, 2.24) is 5.32 Å². The van der Waals surface area contributed by atoms with Crippen molar-refractivity contribution >= 4 is 11.7 Å². The van der Waals surface area contributed by atoms with Crippen LogP contribution < -0.4 is 11.1 Å². The number of hydrogen-bond acceptors (Lipinski definition) is 4. The largest absolute Gasteiger partial charge is 0.409 e. The zero-order valence-electron chi connectivity index (χ0n) is 11.6. The summed E-state index contributed by atoms with van der Waals surface area (Å²) in [4.78, 5) is 11.8. The first-order valence-electron chi connectivity index (χ1n) is 6.23. The van der Waals surface area contributed by atoms with E-state index in [1.54, 1.807) is 0 Å². The predicted molar refractivity (Wildman–Crippen MR) is 70.4 cm³/mol. The first kappa shape index (κ1) is 16.7. The van der Waals surface area contributed by atoms with E-state index in [9.17, 15) is 4.79 Å².